The molecular weight excluding hydrogens is 235 g/mol. The summed E-state index contributed by atoms with van der Waals surface area (Å²) in [4.78, 5) is 0. The van der Waals surface area contributed by atoms with Crippen LogP contribution < -0.4 is 0 Å². The molecule has 1 unspecified atom stereocenters. The largest absolute Gasteiger partial charge is 0.207 e. The van der Waals surface area contributed by atoms with E-state index >= 15 is 0 Å². The van der Waals surface area contributed by atoms with Crippen molar-refractivity contribution in [2.24, 2.45) is 5.41 Å². The summed E-state index contributed by atoms with van der Waals surface area (Å²) in [5, 5.41) is 0.0719. The summed E-state index contributed by atoms with van der Waals surface area (Å²) in [6.07, 6.45) is 1.52. The van der Waals surface area contributed by atoms with Crippen LogP contribution in [0.3, 0.4) is 0 Å². The van der Waals surface area contributed by atoms with Gasteiger partial charge in [0, 0.05) is 5.38 Å². The summed E-state index contributed by atoms with van der Waals surface area (Å²) < 4.78 is 13.8. The van der Waals surface area contributed by atoms with Gasteiger partial charge in [-0.1, -0.05) is 26.8 Å². The van der Waals surface area contributed by atoms with Crippen LogP contribution in [0.1, 0.15) is 43.9 Å². The molecule has 0 spiro atoms. The Balaban J connectivity index is 2.77. The second-order valence-corrected chi connectivity index (χ2v) is 6.44. The van der Waals surface area contributed by atoms with Crippen LogP contribution in [0.2, 0.25) is 0 Å². The summed E-state index contributed by atoms with van der Waals surface area (Å²) in [6, 6.07) is 3.63. The summed E-state index contributed by atoms with van der Waals surface area (Å²) >= 11 is 6.32. The lowest BCUT2D eigenvalue weighted by Gasteiger charge is -2.25. The summed E-state index contributed by atoms with van der Waals surface area (Å²) in [5.74, 6) is -0.0970. The van der Waals surface area contributed by atoms with Gasteiger partial charge in [-0.2, -0.15) is 0 Å². The van der Waals surface area contributed by atoms with E-state index in [-0.39, 0.29) is 16.6 Å². The summed E-state index contributed by atoms with van der Waals surface area (Å²) in [6.45, 7) is 10.2. The Labute approximate surface area is 109 Å². The van der Waals surface area contributed by atoms with Crippen LogP contribution >= 0.6 is 11.6 Å². The average molecular weight is 257 g/mol. The molecule has 1 aromatic rings. The third-order valence-electron chi connectivity index (χ3n) is 3.15. The van der Waals surface area contributed by atoms with Gasteiger partial charge in [0.25, 0.3) is 0 Å². The molecule has 1 aromatic carbocycles. The normalized spacial score (nSPS) is 13.8. The van der Waals surface area contributed by atoms with E-state index in [1.54, 1.807) is 6.07 Å². The molecule has 0 bridgehead atoms. The molecule has 0 radical (unpaired) electrons. The Morgan fingerprint density at radius 1 is 1.24 bits per heavy atom. The van der Waals surface area contributed by atoms with Crippen molar-refractivity contribution in [1.82, 2.24) is 0 Å². The number of benzene rings is 1. The van der Waals surface area contributed by atoms with Crippen molar-refractivity contribution < 1.29 is 4.39 Å². The van der Waals surface area contributed by atoms with Gasteiger partial charge in [-0.05, 0) is 54.9 Å². The first-order valence-electron chi connectivity index (χ1n) is 6.11. The van der Waals surface area contributed by atoms with Gasteiger partial charge in [0.15, 0.2) is 0 Å². The molecule has 0 N–H and O–H groups in total. The highest BCUT2D eigenvalue weighted by Gasteiger charge is 2.22. The van der Waals surface area contributed by atoms with Crippen LogP contribution in [0.25, 0.3) is 0 Å². The fourth-order valence-electron chi connectivity index (χ4n) is 1.97. The Hall–Kier alpha value is -0.560. The smallest absolute Gasteiger partial charge is 0.126 e. The molecular formula is C15H22ClF. The molecule has 0 fully saturated rings. The maximum Gasteiger partial charge on any atom is 0.126 e. The van der Waals surface area contributed by atoms with E-state index in [1.165, 1.54) is 0 Å². The first-order chi connectivity index (χ1) is 7.71. The molecule has 0 nitrogen and oxygen atoms in total. The van der Waals surface area contributed by atoms with E-state index < -0.39 is 0 Å². The number of halogens is 2. The summed E-state index contributed by atoms with van der Waals surface area (Å²) in [7, 11) is 0. The zero-order chi connectivity index (χ0) is 13.2. The molecule has 0 saturated carbocycles. The van der Waals surface area contributed by atoms with Crippen LogP contribution in [-0.4, -0.2) is 5.38 Å². The predicted molar refractivity (Wildman–Crippen MR) is 73.3 cm³/mol. The van der Waals surface area contributed by atoms with Gasteiger partial charge >= 0.3 is 0 Å². The van der Waals surface area contributed by atoms with Crippen LogP contribution in [0.5, 0.6) is 0 Å². The Morgan fingerprint density at radius 2 is 1.82 bits per heavy atom. The molecule has 96 valence electrons. The van der Waals surface area contributed by atoms with Gasteiger partial charge in [-0.3, -0.25) is 0 Å². The number of aryl methyl sites for hydroxylation is 2. The standard InChI is InChI=1S/C15H22ClF/c1-10-8-11(2)12(13(17)9-10)6-7-14(16)15(3,4)5/h8-9,14H,6-7H2,1-5H3. The lowest BCUT2D eigenvalue weighted by molar-refractivity contribution is 0.373. The highest BCUT2D eigenvalue weighted by molar-refractivity contribution is 6.21. The molecule has 0 aromatic heterocycles. The van der Waals surface area contributed by atoms with E-state index in [4.69, 9.17) is 11.6 Å². The molecule has 0 aliphatic rings. The van der Waals surface area contributed by atoms with Crippen molar-refractivity contribution in [1.29, 1.82) is 0 Å². The molecule has 0 heterocycles. The number of hydrogen-bond donors (Lipinski definition) is 0. The lowest BCUT2D eigenvalue weighted by Crippen LogP contribution is -2.21. The molecule has 1 atom stereocenters. The number of rotatable bonds is 3. The van der Waals surface area contributed by atoms with E-state index in [0.717, 1.165) is 23.1 Å². The van der Waals surface area contributed by atoms with Gasteiger partial charge in [-0.25, -0.2) is 4.39 Å². The Kier molecular flexibility index (Phi) is 4.60. The van der Waals surface area contributed by atoms with Crippen LogP contribution in [0.4, 0.5) is 4.39 Å². The van der Waals surface area contributed by atoms with Gasteiger partial charge < -0.3 is 0 Å². The zero-order valence-electron chi connectivity index (χ0n) is 11.4. The number of hydrogen-bond acceptors (Lipinski definition) is 0. The third-order valence-corrected chi connectivity index (χ3v) is 4.02. The van der Waals surface area contributed by atoms with Crippen LogP contribution in [-0.2, 0) is 6.42 Å². The van der Waals surface area contributed by atoms with Crippen molar-refractivity contribution in [2.75, 3.05) is 0 Å². The summed E-state index contributed by atoms with van der Waals surface area (Å²) in [5.41, 5.74) is 2.88. The minimum absolute atomic E-state index is 0.0661. The van der Waals surface area contributed by atoms with Crippen molar-refractivity contribution in [3.05, 3.63) is 34.6 Å². The molecule has 2 heteroatoms. The van der Waals surface area contributed by atoms with Gasteiger partial charge in [0.2, 0.25) is 0 Å². The molecule has 0 aliphatic carbocycles. The molecule has 0 saturated heterocycles. The maximum absolute atomic E-state index is 13.8. The van der Waals surface area contributed by atoms with Crippen molar-refractivity contribution >= 4 is 11.6 Å². The van der Waals surface area contributed by atoms with Crippen molar-refractivity contribution in [2.45, 2.75) is 52.8 Å². The first-order valence-corrected chi connectivity index (χ1v) is 6.55. The molecule has 0 aliphatic heterocycles. The highest BCUT2D eigenvalue weighted by Crippen LogP contribution is 2.29. The van der Waals surface area contributed by atoms with Crippen LogP contribution in [0.15, 0.2) is 12.1 Å². The SMILES string of the molecule is Cc1cc(C)c(CCC(Cl)C(C)(C)C)c(F)c1. The van der Waals surface area contributed by atoms with Gasteiger partial charge in [-0.15, -0.1) is 11.6 Å². The van der Waals surface area contributed by atoms with Crippen molar-refractivity contribution in [3.63, 3.8) is 0 Å². The monoisotopic (exact) mass is 256 g/mol. The fourth-order valence-corrected chi connectivity index (χ4v) is 2.08. The minimum atomic E-state index is -0.0970. The van der Waals surface area contributed by atoms with Gasteiger partial charge in [0.05, 0.1) is 0 Å². The lowest BCUT2D eigenvalue weighted by atomic mass is 9.87. The average Bonchev–Trinajstić information content (AvgIpc) is 2.13. The molecule has 1 rings (SSSR count). The van der Waals surface area contributed by atoms with Crippen molar-refractivity contribution in [3.8, 4) is 0 Å². The molecule has 17 heavy (non-hydrogen) atoms. The quantitative estimate of drug-likeness (QED) is 0.666. The van der Waals surface area contributed by atoms with E-state index in [9.17, 15) is 4.39 Å². The number of alkyl halides is 1. The predicted octanol–water partition coefficient (Wildman–Crippen LogP) is 5.03. The Bertz CT molecular complexity index is 367. The van der Waals surface area contributed by atoms with E-state index in [1.807, 2.05) is 19.9 Å². The first kappa shape index (κ1) is 14.5. The highest BCUT2D eigenvalue weighted by atomic mass is 35.5. The maximum atomic E-state index is 13.8. The molecule has 0 amide bonds. The minimum Gasteiger partial charge on any atom is -0.207 e. The zero-order valence-corrected chi connectivity index (χ0v) is 12.2. The van der Waals surface area contributed by atoms with E-state index in [0.29, 0.717) is 6.42 Å². The second-order valence-electron chi connectivity index (χ2n) is 5.91. The van der Waals surface area contributed by atoms with Gasteiger partial charge in [0.1, 0.15) is 5.82 Å². The second kappa shape index (κ2) is 5.39. The van der Waals surface area contributed by atoms with Crippen LogP contribution in [0, 0.1) is 25.1 Å². The topological polar surface area (TPSA) is 0 Å². The Morgan fingerprint density at radius 3 is 2.29 bits per heavy atom. The fraction of sp³-hybridized carbons (Fsp3) is 0.600. The van der Waals surface area contributed by atoms with E-state index in [2.05, 4.69) is 20.8 Å². The third kappa shape index (κ3) is 3.99.